The maximum absolute atomic E-state index is 13.0. The van der Waals surface area contributed by atoms with Crippen LogP contribution in [0.1, 0.15) is 21.5 Å². The quantitative estimate of drug-likeness (QED) is 0.783. The summed E-state index contributed by atoms with van der Waals surface area (Å²) >= 11 is 0. The van der Waals surface area contributed by atoms with Crippen LogP contribution in [0.5, 0.6) is 0 Å². The first-order valence-electron chi connectivity index (χ1n) is 7.92. The molecule has 0 N–H and O–H groups in total. The Morgan fingerprint density at radius 2 is 1.84 bits per heavy atom. The summed E-state index contributed by atoms with van der Waals surface area (Å²) in [6, 6.07) is 13.9. The molecule has 1 amide bonds. The van der Waals surface area contributed by atoms with Gasteiger partial charge < -0.3 is 0 Å². The summed E-state index contributed by atoms with van der Waals surface area (Å²) in [5, 5.41) is 1.06. The molecule has 0 unspecified atom stereocenters. The molecule has 0 aliphatic carbocycles. The van der Waals surface area contributed by atoms with E-state index in [0.717, 1.165) is 10.6 Å². The third-order valence-corrected chi connectivity index (χ3v) is 6.22. The predicted octanol–water partition coefficient (Wildman–Crippen LogP) is 2.07. The molecule has 0 bridgehead atoms. The molecule has 6 nitrogen and oxygen atoms in total. The minimum Gasteiger partial charge on any atom is -0.274 e. The van der Waals surface area contributed by atoms with Gasteiger partial charge in [-0.15, -0.1) is 0 Å². The van der Waals surface area contributed by atoms with Gasteiger partial charge in [-0.25, -0.2) is 13.5 Å². The molecule has 0 radical (unpaired) electrons. The highest BCUT2D eigenvalue weighted by Crippen LogP contribution is 2.25. The largest absolute Gasteiger partial charge is 0.277 e. The van der Waals surface area contributed by atoms with Crippen molar-refractivity contribution >= 4 is 15.9 Å². The molecule has 0 atom stereocenters. The molecule has 1 heterocycles. The van der Waals surface area contributed by atoms with E-state index in [2.05, 4.69) is 0 Å². The molecular formula is C18H20N2O4S. The van der Waals surface area contributed by atoms with E-state index in [4.69, 9.17) is 4.84 Å². The molecule has 7 heteroatoms. The zero-order valence-corrected chi connectivity index (χ0v) is 15.0. The van der Waals surface area contributed by atoms with Crippen LogP contribution in [-0.2, 0) is 27.8 Å². The summed E-state index contributed by atoms with van der Waals surface area (Å²) in [7, 11) is -0.816. The van der Waals surface area contributed by atoms with Gasteiger partial charge in [0.2, 0.25) is 10.0 Å². The lowest BCUT2D eigenvalue weighted by Gasteiger charge is -2.28. The first kappa shape index (κ1) is 17.6. The Kier molecular flexibility index (Phi) is 4.89. The average molecular weight is 360 g/mol. The Hall–Kier alpha value is -2.22. The number of hydroxylamine groups is 2. The van der Waals surface area contributed by atoms with E-state index in [0.29, 0.717) is 19.5 Å². The van der Waals surface area contributed by atoms with Crippen molar-refractivity contribution in [3.8, 4) is 0 Å². The van der Waals surface area contributed by atoms with Crippen LogP contribution in [-0.4, -0.2) is 44.4 Å². The van der Waals surface area contributed by atoms with Crippen molar-refractivity contribution in [3.05, 3.63) is 65.2 Å². The zero-order chi connectivity index (χ0) is 18.0. The van der Waals surface area contributed by atoms with Crippen LogP contribution in [0.15, 0.2) is 53.4 Å². The Balaban J connectivity index is 1.90. The van der Waals surface area contributed by atoms with Gasteiger partial charge in [0, 0.05) is 25.7 Å². The smallest absolute Gasteiger partial charge is 0.274 e. The van der Waals surface area contributed by atoms with Crippen LogP contribution in [0.25, 0.3) is 0 Å². The number of carbonyl (C=O) groups excluding carboxylic acids is 1. The van der Waals surface area contributed by atoms with E-state index in [1.165, 1.54) is 36.2 Å². The molecule has 25 heavy (non-hydrogen) atoms. The number of sulfonamides is 1. The molecule has 1 aliphatic rings. The van der Waals surface area contributed by atoms with Crippen molar-refractivity contribution in [1.82, 2.24) is 9.37 Å². The number of rotatable bonds is 4. The number of benzene rings is 2. The highest BCUT2D eigenvalue weighted by molar-refractivity contribution is 7.89. The molecule has 132 valence electrons. The molecule has 0 aromatic heterocycles. The standard InChI is InChI=1S/C18H20N2O4S/c1-19(24-2)18(21)15-8-5-9-17(12-15)25(22,23)20-11-10-14-6-3-4-7-16(14)13-20/h3-9,12H,10-11,13H2,1-2H3. The number of carbonyl (C=O) groups is 1. The first-order chi connectivity index (χ1) is 11.9. The van der Waals surface area contributed by atoms with Crippen molar-refractivity contribution in [2.24, 2.45) is 0 Å². The van der Waals surface area contributed by atoms with Crippen molar-refractivity contribution in [3.63, 3.8) is 0 Å². The maximum atomic E-state index is 13.0. The van der Waals surface area contributed by atoms with Crippen molar-refractivity contribution in [2.75, 3.05) is 20.7 Å². The van der Waals surface area contributed by atoms with Crippen molar-refractivity contribution < 1.29 is 18.0 Å². The van der Waals surface area contributed by atoms with Crippen molar-refractivity contribution in [1.29, 1.82) is 0 Å². The van der Waals surface area contributed by atoms with Crippen molar-refractivity contribution in [2.45, 2.75) is 17.9 Å². The molecule has 0 fully saturated rings. The maximum Gasteiger partial charge on any atom is 0.277 e. The lowest BCUT2D eigenvalue weighted by molar-refractivity contribution is -0.0757. The van der Waals surface area contributed by atoms with Gasteiger partial charge in [0.15, 0.2) is 0 Å². The Labute approximate surface area is 147 Å². The molecule has 0 spiro atoms. The van der Waals surface area contributed by atoms with E-state index in [9.17, 15) is 13.2 Å². The Bertz CT molecular complexity index is 895. The summed E-state index contributed by atoms with van der Waals surface area (Å²) in [6.45, 7) is 0.768. The second-order valence-electron chi connectivity index (χ2n) is 5.87. The number of hydrogen-bond donors (Lipinski definition) is 0. The number of fused-ring (bicyclic) bond motifs is 1. The minimum absolute atomic E-state index is 0.113. The SMILES string of the molecule is CON(C)C(=O)c1cccc(S(=O)(=O)N2CCc3ccccc3C2)c1. The first-order valence-corrected chi connectivity index (χ1v) is 9.36. The van der Waals surface area contributed by atoms with Gasteiger partial charge in [-0.3, -0.25) is 9.63 Å². The normalized spacial score (nSPS) is 14.8. The molecule has 2 aromatic carbocycles. The number of hydrogen-bond acceptors (Lipinski definition) is 4. The van der Waals surface area contributed by atoms with Crippen LogP contribution in [0.3, 0.4) is 0 Å². The summed E-state index contributed by atoms with van der Waals surface area (Å²) in [5.74, 6) is -0.400. The minimum atomic E-state index is -3.67. The topological polar surface area (TPSA) is 66.9 Å². The van der Waals surface area contributed by atoms with Gasteiger partial charge in [-0.2, -0.15) is 4.31 Å². The summed E-state index contributed by atoms with van der Waals surface area (Å²) in [6.07, 6.45) is 0.681. The highest BCUT2D eigenvalue weighted by atomic mass is 32.2. The summed E-state index contributed by atoms with van der Waals surface area (Å²) in [5.41, 5.74) is 2.46. The van der Waals surface area contributed by atoms with Gasteiger partial charge in [0.1, 0.15) is 0 Å². The lowest BCUT2D eigenvalue weighted by Crippen LogP contribution is -2.36. The van der Waals surface area contributed by atoms with Crippen LogP contribution >= 0.6 is 0 Å². The fraction of sp³-hybridized carbons (Fsp3) is 0.278. The van der Waals surface area contributed by atoms with Gasteiger partial charge in [-0.1, -0.05) is 30.3 Å². The van der Waals surface area contributed by atoms with Gasteiger partial charge >= 0.3 is 0 Å². The lowest BCUT2D eigenvalue weighted by atomic mass is 10.0. The fourth-order valence-electron chi connectivity index (χ4n) is 2.88. The van der Waals surface area contributed by atoms with Crippen LogP contribution < -0.4 is 0 Å². The fourth-order valence-corrected chi connectivity index (χ4v) is 4.34. The second kappa shape index (κ2) is 6.95. The van der Waals surface area contributed by atoms with Crippen LogP contribution in [0.2, 0.25) is 0 Å². The third-order valence-electron chi connectivity index (χ3n) is 4.37. The zero-order valence-electron chi connectivity index (χ0n) is 14.2. The third kappa shape index (κ3) is 3.44. The predicted molar refractivity (Wildman–Crippen MR) is 93.3 cm³/mol. The molecule has 3 rings (SSSR count). The Morgan fingerprint density at radius 3 is 2.56 bits per heavy atom. The van der Waals surface area contributed by atoms with Gasteiger partial charge in [-0.05, 0) is 35.7 Å². The summed E-state index contributed by atoms with van der Waals surface area (Å²) in [4.78, 5) is 17.2. The van der Waals surface area contributed by atoms with Crippen LogP contribution in [0.4, 0.5) is 0 Å². The molecule has 1 aliphatic heterocycles. The van der Waals surface area contributed by atoms with E-state index >= 15 is 0 Å². The average Bonchev–Trinajstić information content (AvgIpc) is 2.66. The molecular weight excluding hydrogens is 340 g/mol. The Morgan fingerprint density at radius 1 is 1.12 bits per heavy atom. The molecule has 0 saturated heterocycles. The monoisotopic (exact) mass is 360 g/mol. The van der Waals surface area contributed by atoms with E-state index in [1.54, 1.807) is 12.1 Å². The number of nitrogens with zero attached hydrogens (tertiary/aromatic N) is 2. The van der Waals surface area contributed by atoms with Gasteiger partial charge in [0.05, 0.1) is 12.0 Å². The van der Waals surface area contributed by atoms with E-state index in [1.807, 2.05) is 24.3 Å². The highest BCUT2D eigenvalue weighted by Gasteiger charge is 2.28. The second-order valence-corrected chi connectivity index (χ2v) is 7.81. The van der Waals surface area contributed by atoms with E-state index in [-0.39, 0.29) is 10.5 Å². The molecule has 0 saturated carbocycles. The number of amides is 1. The van der Waals surface area contributed by atoms with Gasteiger partial charge in [0.25, 0.3) is 5.91 Å². The van der Waals surface area contributed by atoms with Crippen LogP contribution in [0, 0.1) is 0 Å². The van der Waals surface area contributed by atoms with E-state index < -0.39 is 15.9 Å². The molecule has 2 aromatic rings. The summed E-state index contributed by atoms with van der Waals surface area (Å²) < 4.78 is 27.4.